The van der Waals surface area contributed by atoms with Crippen LogP contribution in [0.4, 0.5) is 0 Å². The summed E-state index contributed by atoms with van der Waals surface area (Å²) in [6.07, 6.45) is 12.1. The van der Waals surface area contributed by atoms with Crippen LogP contribution in [0.5, 0.6) is 0 Å². The van der Waals surface area contributed by atoms with Crippen LogP contribution < -0.4 is 11.1 Å². The lowest BCUT2D eigenvalue weighted by Crippen LogP contribution is -2.29. The maximum atomic E-state index is 5.66. The minimum Gasteiger partial charge on any atom is -0.366 e. The Morgan fingerprint density at radius 2 is 2.18 bits per heavy atom. The summed E-state index contributed by atoms with van der Waals surface area (Å²) in [4.78, 5) is 0. The molecule has 0 saturated heterocycles. The molecule has 3 N–H and O–H groups in total. The average Bonchev–Trinajstić information content (AvgIpc) is 2.17. The van der Waals surface area contributed by atoms with Gasteiger partial charge in [0.25, 0.3) is 0 Å². The third kappa shape index (κ3) is 1.12. The first-order chi connectivity index (χ1) is 5.36. The molecular formula is C9H10N2. The zero-order chi connectivity index (χ0) is 7.68. The molecule has 1 aliphatic carbocycles. The summed E-state index contributed by atoms with van der Waals surface area (Å²) in [5.74, 6) is 0. The van der Waals surface area contributed by atoms with E-state index in [9.17, 15) is 0 Å². The van der Waals surface area contributed by atoms with Gasteiger partial charge in [0, 0.05) is 5.70 Å². The quantitative estimate of drug-likeness (QED) is 0.530. The van der Waals surface area contributed by atoms with Gasteiger partial charge in [0.1, 0.15) is 0 Å². The Bertz CT molecular complexity index is 282. The van der Waals surface area contributed by atoms with Gasteiger partial charge in [-0.05, 0) is 17.7 Å². The number of hydrogen-bond donors (Lipinski definition) is 2. The smallest absolute Gasteiger partial charge is 0.0945 e. The molecule has 0 aromatic heterocycles. The number of rotatable bonds is 0. The fraction of sp³-hybridized carbons (Fsp3) is 0.111. The van der Waals surface area contributed by atoms with Gasteiger partial charge in [0.15, 0.2) is 0 Å². The van der Waals surface area contributed by atoms with Gasteiger partial charge in [-0.15, -0.1) is 0 Å². The van der Waals surface area contributed by atoms with Crippen molar-refractivity contribution in [3.8, 4) is 0 Å². The Balaban J connectivity index is 2.39. The van der Waals surface area contributed by atoms with Crippen molar-refractivity contribution in [2.75, 3.05) is 0 Å². The van der Waals surface area contributed by atoms with E-state index in [1.54, 1.807) is 0 Å². The lowest BCUT2D eigenvalue weighted by atomic mass is 10.2. The second-order valence-corrected chi connectivity index (χ2v) is 2.62. The van der Waals surface area contributed by atoms with E-state index in [0.717, 1.165) is 5.70 Å². The molecule has 1 aliphatic heterocycles. The predicted octanol–water partition coefficient (Wildman–Crippen LogP) is 0.811. The molecule has 2 rings (SSSR count). The van der Waals surface area contributed by atoms with Gasteiger partial charge in [-0.3, -0.25) is 0 Å². The average molecular weight is 146 g/mol. The molecule has 2 nitrogen and oxygen atoms in total. The topological polar surface area (TPSA) is 38.0 Å². The molecule has 2 aliphatic rings. The highest BCUT2D eigenvalue weighted by Crippen LogP contribution is 2.17. The normalized spacial score (nSPS) is 26.8. The number of hydrogen-bond acceptors (Lipinski definition) is 2. The van der Waals surface area contributed by atoms with E-state index >= 15 is 0 Å². The molecule has 0 aromatic carbocycles. The van der Waals surface area contributed by atoms with Gasteiger partial charge in [-0.2, -0.15) is 0 Å². The molecule has 0 saturated carbocycles. The number of nitrogens with two attached hydrogens (primary N) is 1. The Kier molecular flexibility index (Phi) is 1.40. The lowest BCUT2D eigenvalue weighted by Gasteiger charge is -2.02. The summed E-state index contributed by atoms with van der Waals surface area (Å²) in [5, 5.41) is 3.14. The van der Waals surface area contributed by atoms with Crippen LogP contribution in [0.2, 0.25) is 0 Å². The summed E-state index contributed by atoms with van der Waals surface area (Å²) in [6, 6.07) is 0. The highest BCUT2D eigenvalue weighted by molar-refractivity contribution is 5.48. The van der Waals surface area contributed by atoms with Gasteiger partial charge >= 0.3 is 0 Å². The Labute approximate surface area is 65.8 Å². The fourth-order valence-electron chi connectivity index (χ4n) is 1.25. The molecule has 2 heteroatoms. The second kappa shape index (κ2) is 2.40. The van der Waals surface area contributed by atoms with Crippen LogP contribution in [0.1, 0.15) is 0 Å². The molecule has 0 bridgehead atoms. The molecule has 11 heavy (non-hydrogen) atoms. The van der Waals surface area contributed by atoms with E-state index in [4.69, 9.17) is 5.73 Å². The minimum atomic E-state index is -0.0209. The predicted molar refractivity (Wildman–Crippen MR) is 45.6 cm³/mol. The molecule has 1 heterocycles. The molecular weight excluding hydrogens is 136 g/mol. The zero-order valence-electron chi connectivity index (χ0n) is 6.12. The molecule has 0 amide bonds. The van der Waals surface area contributed by atoms with Crippen molar-refractivity contribution in [3.63, 3.8) is 0 Å². The van der Waals surface area contributed by atoms with Crippen LogP contribution in [0, 0.1) is 0 Å². The first kappa shape index (κ1) is 6.43. The van der Waals surface area contributed by atoms with Gasteiger partial charge in [-0.25, -0.2) is 0 Å². The number of fused-ring (bicyclic) bond motifs is 1. The van der Waals surface area contributed by atoms with Crippen molar-refractivity contribution in [3.05, 3.63) is 47.7 Å². The highest BCUT2D eigenvalue weighted by Gasteiger charge is 2.13. The monoisotopic (exact) mass is 146 g/mol. The van der Waals surface area contributed by atoms with E-state index in [2.05, 4.69) is 11.4 Å². The van der Waals surface area contributed by atoms with E-state index in [1.165, 1.54) is 5.57 Å². The minimum absolute atomic E-state index is 0.0209. The summed E-state index contributed by atoms with van der Waals surface area (Å²) in [5.41, 5.74) is 7.96. The lowest BCUT2D eigenvalue weighted by molar-refractivity contribution is 0.743. The van der Waals surface area contributed by atoms with Crippen LogP contribution in [-0.4, -0.2) is 6.17 Å². The molecule has 0 fully saturated rings. The highest BCUT2D eigenvalue weighted by atomic mass is 15.0. The van der Waals surface area contributed by atoms with Crippen LogP contribution in [0.3, 0.4) is 0 Å². The van der Waals surface area contributed by atoms with Gasteiger partial charge in [0.2, 0.25) is 0 Å². The maximum absolute atomic E-state index is 5.66. The first-order valence-corrected chi connectivity index (χ1v) is 3.65. The Hall–Kier alpha value is -1.28. The van der Waals surface area contributed by atoms with Crippen molar-refractivity contribution in [2.45, 2.75) is 6.17 Å². The van der Waals surface area contributed by atoms with Crippen molar-refractivity contribution in [2.24, 2.45) is 5.73 Å². The van der Waals surface area contributed by atoms with E-state index < -0.39 is 0 Å². The molecule has 0 radical (unpaired) electrons. The van der Waals surface area contributed by atoms with Crippen LogP contribution in [0.15, 0.2) is 47.7 Å². The second-order valence-electron chi connectivity index (χ2n) is 2.62. The Morgan fingerprint density at radius 3 is 3.09 bits per heavy atom. The maximum Gasteiger partial charge on any atom is 0.0945 e. The van der Waals surface area contributed by atoms with Gasteiger partial charge in [-0.1, -0.05) is 24.3 Å². The summed E-state index contributed by atoms with van der Waals surface area (Å²) >= 11 is 0. The third-order valence-electron chi connectivity index (χ3n) is 1.75. The van der Waals surface area contributed by atoms with Crippen molar-refractivity contribution in [1.82, 2.24) is 5.32 Å². The van der Waals surface area contributed by atoms with E-state index in [0.29, 0.717) is 0 Å². The van der Waals surface area contributed by atoms with Crippen molar-refractivity contribution >= 4 is 0 Å². The van der Waals surface area contributed by atoms with Gasteiger partial charge in [0.05, 0.1) is 6.17 Å². The summed E-state index contributed by atoms with van der Waals surface area (Å²) in [6.45, 7) is 0. The van der Waals surface area contributed by atoms with Crippen molar-refractivity contribution < 1.29 is 0 Å². The molecule has 1 unspecified atom stereocenters. The zero-order valence-corrected chi connectivity index (χ0v) is 6.12. The number of allylic oxidation sites excluding steroid dienone is 5. The molecule has 1 atom stereocenters. The van der Waals surface area contributed by atoms with Crippen LogP contribution >= 0.6 is 0 Å². The molecule has 56 valence electrons. The van der Waals surface area contributed by atoms with Crippen molar-refractivity contribution in [1.29, 1.82) is 0 Å². The fourth-order valence-corrected chi connectivity index (χ4v) is 1.25. The summed E-state index contributed by atoms with van der Waals surface area (Å²) < 4.78 is 0. The largest absolute Gasteiger partial charge is 0.366 e. The van der Waals surface area contributed by atoms with Gasteiger partial charge < -0.3 is 11.1 Å². The molecule has 0 aromatic rings. The van der Waals surface area contributed by atoms with E-state index in [1.807, 2.05) is 30.4 Å². The molecule has 0 spiro atoms. The SMILES string of the molecule is NC1C=C2C=CC=CC=C2N1. The Morgan fingerprint density at radius 1 is 1.27 bits per heavy atom. The first-order valence-electron chi connectivity index (χ1n) is 3.65. The number of nitrogens with one attached hydrogen (secondary N) is 1. The standard InChI is InChI=1S/C9H10N2/c10-9-6-7-4-2-1-3-5-8(7)11-9/h1-6,9,11H,10H2. The summed E-state index contributed by atoms with van der Waals surface area (Å²) in [7, 11) is 0. The van der Waals surface area contributed by atoms with Crippen LogP contribution in [0.25, 0.3) is 0 Å². The third-order valence-corrected chi connectivity index (χ3v) is 1.75. The van der Waals surface area contributed by atoms with E-state index in [-0.39, 0.29) is 6.17 Å². The van der Waals surface area contributed by atoms with Crippen LogP contribution in [-0.2, 0) is 0 Å².